The third-order valence-electron chi connectivity index (χ3n) is 5.47. The molecule has 1 saturated heterocycles. The van der Waals surface area contributed by atoms with E-state index in [2.05, 4.69) is 0 Å². The van der Waals surface area contributed by atoms with Gasteiger partial charge >= 0.3 is 13.6 Å². The normalized spacial score (nSPS) is 19.9. The van der Waals surface area contributed by atoms with Gasteiger partial charge in [-0.1, -0.05) is 83.9 Å². The van der Waals surface area contributed by atoms with E-state index in [1.165, 1.54) is 9.57 Å². The Hall–Kier alpha value is -3.24. The molecule has 170 valence electrons. The number of nitrogens with zero attached hydrogens (tertiary/aromatic N) is 2. The number of amides is 2. The second-order valence-corrected chi connectivity index (χ2v) is 10.7. The maximum Gasteiger partial charge on any atom is 0.379 e. The molecule has 2 unspecified atom stereocenters. The fourth-order valence-corrected chi connectivity index (χ4v) is 7.31. The van der Waals surface area contributed by atoms with Gasteiger partial charge in [-0.2, -0.15) is 0 Å². The standard InChI is InChI=1S/C26H19Cl2N2O3P/c27-19-16-17-23(24(28)18-19)25-29(20-10-4-1-5-11-20)26(31)30(21-12-6-2-7-13-21)34(25,32)33-22-14-8-3-9-15-22/h1-18,25H. The quantitative estimate of drug-likeness (QED) is 0.254. The van der Waals surface area contributed by atoms with Gasteiger partial charge in [0.15, 0.2) is 5.78 Å². The van der Waals surface area contributed by atoms with E-state index < -0.39 is 19.3 Å². The molecule has 1 aliphatic heterocycles. The molecule has 0 radical (unpaired) electrons. The van der Waals surface area contributed by atoms with Crippen molar-refractivity contribution in [1.82, 2.24) is 0 Å². The molecular weight excluding hydrogens is 490 g/mol. The van der Waals surface area contributed by atoms with Crippen molar-refractivity contribution in [3.05, 3.63) is 125 Å². The first-order chi connectivity index (χ1) is 16.5. The third-order valence-corrected chi connectivity index (χ3v) is 8.60. The Bertz CT molecular complexity index is 1370. The van der Waals surface area contributed by atoms with Crippen LogP contribution in [0, 0.1) is 0 Å². The van der Waals surface area contributed by atoms with Crippen LogP contribution in [0.2, 0.25) is 10.0 Å². The monoisotopic (exact) mass is 508 g/mol. The van der Waals surface area contributed by atoms with E-state index in [1.807, 2.05) is 30.3 Å². The first kappa shape index (κ1) is 22.5. The molecule has 0 aliphatic carbocycles. The summed E-state index contributed by atoms with van der Waals surface area (Å²) in [7, 11) is -3.99. The molecule has 8 heteroatoms. The maximum atomic E-state index is 15.0. The first-order valence-corrected chi connectivity index (χ1v) is 12.9. The van der Waals surface area contributed by atoms with Gasteiger partial charge < -0.3 is 4.52 Å². The molecular formula is C26H19Cl2N2O3P. The largest absolute Gasteiger partial charge is 0.427 e. The van der Waals surface area contributed by atoms with E-state index in [0.29, 0.717) is 27.7 Å². The lowest BCUT2D eigenvalue weighted by molar-refractivity contribution is 0.255. The van der Waals surface area contributed by atoms with E-state index in [4.69, 9.17) is 27.7 Å². The van der Waals surface area contributed by atoms with Crippen LogP contribution >= 0.6 is 30.7 Å². The number of hydrogen-bond donors (Lipinski definition) is 0. The lowest BCUT2D eigenvalue weighted by Crippen LogP contribution is -2.32. The Morgan fingerprint density at radius 2 is 1.29 bits per heavy atom. The van der Waals surface area contributed by atoms with Crippen molar-refractivity contribution in [2.75, 3.05) is 9.57 Å². The highest BCUT2D eigenvalue weighted by molar-refractivity contribution is 7.63. The molecule has 0 bridgehead atoms. The minimum absolute atomic E-state index is 0.290. The third kappa shape index (κ3) is 3.97. The smallest absolute Gasteiger partial charge is 0.379 e. The fraction of sp³-hybridized carbons (Fsp3) is 0.0385. The minimum atomic E-state index is -3.99. The predicted molar refractivity (Wildman–Crippen MR) is 137 cm³/mol. The van der Waals surface area contributed by atoms with Crippen molar-refractivity contribution in [3.63, 3.8) is 0 Å². The summed E-state index contributed by atoms with van der Waals surface area (Å²) in [5.41, 5.74) is 1.50. The molecule has 4 aromatic carbocycles. The molecule has 0 spiro atoms. The van der Waals surface area contributed by atoms with Crippen LogP contribution in [-0.4, -0.2) is 6.03 Å². The molecule has 1 aliphatic rings. The number of urea groups is 1. The highest BCUT2D eigenvalue weighted by Crippen LogP contribution is 2.70. The minimum Gasteiger partial charge on any atom is -0.427 e. The molecule has 5 rings (SSSR count). The summed E-state index contributed by atoms with van der Waals surface area (Å²) < 4.78 is 22.5. The van der Waals surface area contributed by atoms with Crippen molar-refractivity contribution in [1.29, 1.82) is 0 Å². The Kier molecular flexibility index (Phi) is 6.09. The Balaban J connectivity index is 1.78. The number of rotatable bonds is 5. The number of halogens is 2. The zero-order valence-electron chi connectivity index (χ0n) is 17.8. The average Bonchev–Trinajstić information content (AvgIpc) is 3.07. The van der Waals surface area contributed by atoms with E-state index in [-0.39, 0.29) is 5.02 Å². The molecule has 1 heterocycles. The zero-order chi connectivity index (χ0) is 23.7. The molecule has 34 heavy (non-hydrogen) atoms. The molecule has 0 aromatic heterocycles. The summed E-state index contributed by atoms with van der Waals surface area (Å²) in [6.07, 6.45) is 0. The Morgan fingerprint density at radius 3 is 1.88 bits per heavy atom. The van der Waals surface area contributed by atoms with E-state index in [1.54, 1.807) is 78.9 Å². The van der Waals surface area contributed by atoms with Crippen LogP contribution in [0.1, 0.15) is 11.3 Å². The van der Waals surface area contributed by atoms with Crippen molar-refractivity contribution in [2.45, 2.75) is 5.78 Å². The number of carbonyl (C=O) groups is 1. The number of anilines is 2. The van der Waals surface area contributed by atoms with Gasteiger partial charge in [0.2, 0.25) is 0 Å². The number of carbonyl (C=O) groups excluding carboxylic acids is 1. The van der Waals surface area contributed by atoms with E-state index >= 15 is 4.57 Å². The van der Waals surface area contributed by atoms with Crippen molar-refractivity contribution in [2.24, 2.45) is 0 Å². The molecule has 4 aromatic rings. The first-order valence-electron chi connectivity index (χ1n) is 10.5. The van der Waals surface area contributed by atoms with Crippen LogP contribution in [-0.2, 0) is 4.57 Å². The number of benzene rings is 4. The number of hydrogen-bond acceptors (Lipinski definition) is 3. The lowest BCUT2D eigenvalue weighted by atomic mass is 10.2. The summed E-state index contributed by atoms with van der Waals surface area (Å²) >= 11 is 12.8. The van der Waals surface area contributed by atoms with Crippen LogP contribution in [0.15, 0.2) is 109 Å². The molecule has 0 saturated carbocycles. The molecule has 5 nitrogen and oxygen atoms in total. The Morgan fingerprint density at radius 1 is 0.735 bits per heavy atom. The van der Waals surface area contributed by atoms with Crippen LogP contribution in [0.4, 0.5) is 16.2 Å². The summed E-state index contributed by atoms with van der Waals surface area (Å²) in [6.45, 7) is 0. The highest BCUT2D eigenvalue weighted by atomic mass is 35.5. The summed E-state index contributed by atoms with van der Waals surface area (Å²) in [6, 6.07) is 31.2. The van der Waals surface area contributed by atoms with Gasteiger partial charge in [0.05, 0.1) is 5.69 Å². The predicted octanol–water partition coefficient (Wildman–Crippen LogP) is 8.41. The average molecular weight is 509 g/mol. The van der Waals surface area contributed by atoms with Crippen LogP contribution in [0.5, 0.6) is 5.75 Å². The van der Waals surface area contributed by atoms with E-state index in [0.717, 1.165) is 0 Å². The van der Waals surface area contributed by atoms with Crippen LogP contribution in [0.25, 0.3) is 0 Å². The molecule has 2 atom stereocenters. The van der Waals surface area contributed by atoms with Crippen molar-refractivity contribution < 1.29 is 13.9 Å². The molecule has 1 fully saturated rings. The second kappa shape index (κ2) is 9.19. The van der Waals surface area contributed by atoms with Gasteiger partial charge in [0.1, 0.15) is 5.75 Å². The topological polar surface area (TPSA) is 49.9 Å². The number of para-hydroxylation sites is 3. The zero-order valence-corrected chi connectivity index (χ0v) is 20.2. The van der Waals surface area contributed by atoms with Gasteiger partial charge in [0.25, 0.3) is 0 Å². The van der Waals surface area contributed by atoms with Gasteiger partial charge in [0, 0.05) is 21.3 Å². The van der Waals surface area contributed by atoms with Crippen LogP contribution in [0.3, 0.4) is 0 Å². The van der Waals surface area contributed by atoms with Crippen LogP contribution < -0.4 is 14.1 Å². The molecule has 2 amide bonds. The van der Waals surface area contributed by atoms with Gasteiger partial charge in [-0.25, -0.2) is 9.46 Å². The maximum absolute atomic E-state index is 15.0. The highest BCUT2D eigenvalue weighted by Gasteiger charge is 2.59. The van der Waals surface area contributed by atoms with Crippen molar-refractivity contribution in [3.8, 4) is 5.75 Å². The SMILES string of the molecule is O=C1N(c2ccccc2)C(c2ccc(Cl)cc2Cl)P(=O)(Oc2ccccc2)N1c1ccccc1. The summed E-state index contributed by atoms with van der Waals surface area (Å²) in [5, 5.41) is 0.723. The lowest BCUT2D eigenvalue weighted by Gasteiger charge is -2.29. The summed E-state index contributed by atoms with van der Waals surface area (Å²) in [4.78, 5) is 15.5. The molecule has 0 N–H and O–H groups in total. The van der Waals surface area contributed by atoms with Gasteiger partial charge in [-0.15, -0.1) is 0 Å². The van der Waals surface area contributed by atoms with Crippen molar-refractivity contribution >= 4 is 48.1 Å². The van der Waals surface area contributed by atoms with Gasteiger partial charge in [-0.05, 0) is 48.5 Å². The fourth-order valence-electron chi connectivity index (χ4n) is 4.01. The second-order valence-electron chi connectivity index (χ2n) is 7.64. The summed E-state index contributed by atoms with van der Waals surface area (Å²) in [5.74, 6) is -0.642. The van der Waals surface area contributed by atoms with E-state index in [9.17, 15) is 4.79 Å². The Labute approximate surface area is 207 Å². The van der Waals surface area contributed by atoms with Gasteiger partial charge in [-0.3, -0.25) is 9.46 Å².